The maximum atomic E-state index is 13.9. The van der Waals surface area contributed by atoms with Crippen LogP contribution < -0.4 is 19.5 Å². The second-order valence-electron chi connectivity index (χ2n) is 12.3. The summed E-state index contributed by atoms with van der Waals surface area (Å²) in [4.78, 5) is 13.2. The number of hydrogen-bond acceptors (Lipinski definition) is 13. The molecule has 5 atom stereocenters. The average molecular weight is 731 g/mol. The molecule has 2 saturated heterocycles. The summed E-state index contributed by atoms with van der Waals surface area (Å²) in [5.41, 5.74) is 0.689. The van der Waals surface area contributed by atoms with Crippen molar-refractivity contribution >= 4 is 26.5 Å². The van der Waals surface area contributed by atoms with Gasteiger partial charge in [-0.1, -0.05) is 26.0 Å². The molecule has 0 saturated carbocycles. The van der Waals surface area contributed by atoms with Crippen LogP contribution in [-0.2, 0) is 45.2 Å². The third-order valence-electron chi connectivity index (χ3n) is 8.12. The van der Waals surface area contributed by atoms with Crippen molar-refractivity contribution in [2.45, 2.75) is 62.5 Å². The fraction of sp³-hybridized carbons (Fsp3) is 0.581. The molecule has 16 nitrogen and oxygen atoms in total. The summed E-state index contributed by atoms with van der Waals surface area (Å²) in [6, 6.07) is 10.1. The molecule has 18 heteroatoms. The van der Waals surface area contributed by atoms with E-state index in [1.807, 2.05) is 13.8 Å². The normalized spacial score (nSPS) is 21.5. The van der Waals surface area contributed by atoms with Gasteiger partial charge in [0.15, 0.2) is 17.8 Å². The first kappa shape index (κ1) is 37.0. The summed E-state index contributed by atoms with van der Waals surface area (Å²) < 4.78 is 96.3. The number of carbonyl (C=O) groups is 1. The predicted octanol–water partition coefficient (Wildman–Crippen LogP) is 2.11. The molecule has 0 bridgehead atoms. The smallest absolute Gasteiger partial charge is 0.407 e. The van der Waals surface area contributed by atoms with Crippen LogP contribution in [0.4, 0.5) is 4.79 Å². The van der Waals surface area contributed by atoms with Crippen molar-refractivity contribution in [1.82, 2.24) is 9.62 Å². The van der Waals surface area contributed by atoms with Gasteiger partial charge in [-0.2, -0.15) is 12.7 Å². The zero-order valence-electron chi connectivity index (χ0n) is 27.1. The number of nitrogens with zero attached hydrogens (tertiary/aromatic N) is 1. The van der Waals surface area contributed by atoms with Crippen LogP contribution in [0.1, 0.15) is 32.3 Å². The molecule has 2 aromatic carbocycles. The lowest BCUT2D eigenvalue weighted by atomic mass is 10.0. The third-order valence-corrected chi connectivity index (χ3v) is 10.4. The Bertz CT molecular complexity index is 1640. The van der Waals surface area contributed by atoms with Crippen molar-refractivity contribution in [1.29, 1.82) is 0 Å². The molecule has 0 radical (unpaired) electrons. The molecule has 2 fully saturated rings. The number of sulfonamides is 1. The average Bonchev–Trinajstić information content (AvgIpc) is 3.79. The van der Waals surface area contributed by atoms with Crippen LogP contribution in [0.2, 0.25) is 0 Å². The number of fused-ring (bicyclic) bond motifs is 2. The van der Waals surface area contributed by atoms with Gasteiger partial charge in [-0.25, -0.2) is 17.4 Å². The molecule has 3 aliphatic rings. The van der Waals surface area contributed by atoms with E-state index in [1.165, 1.54) is 22.5 Å². The van der Waals surface area contributed by atoms with Crippen molar-refractivity contribution in [3.8, 4) is 17.2 Å². The Labute approximate surface area is 285 Å². The minimum absolute atomic E-state index is 0.0166. The van der Waals surface area contributed by atoms with Gasteiger partial charge in [0, 0.05) is 25.6 Å². The number of ether oxygens (including phenoxy) is 6. The standard InChI is InChI=1S/C31H42N2O14S2/c1-20(2)16-33(48(36,37)23-8-9-27-28(15-23)45-19-44-27)17-26(34)25(32-31(35)47-29-18-43-30-24(29)10-13-42-30)14-21-4-6-22(7-5-21)41-11-3-12-46-49(38,39)40/h4-9,15,20,24-26,29-30,34H,3,10-14,16-19H2,1-2H3,(H,32,35)(H,38,39,40)/t24?,25-,26+,29?,30?/m0/s1. The Balaban J connectivity index is 1.29. The van der Waals surface area contributed by atoms with Gasteiger partial charge >= 0.3 is 16.5 Å². The van der Waals surface area contributed by atoms with E-state index >= 15 is 0 Å². The lowest BCUT2D eigenvalue weighted by Gasteiger charge is -2.31. The van der Waals surface area contributed by atoms with E-state index in [4.69, 9.17) is 33.0 Å². The number of benzene rings is 2. The number of carbonyl (C=O) groups excluding carboxylic acids is 1. The van der Waals surface area contributed by atoms with Crippen LogP contribution in [0.15, 0.2) is 47.4 Å². The van der Waals surface area contributed by atoms with E-state index in [-0.39, 0.29) is 69.3 Å². The maximum Gasteiger partial charge on any atom is 0.407 e. The third kappa shape index (κ3) is 10.2. The summed E-state index contributed by atoms with van der Waals surface area (Å²) in [7, 11) is -8.64. The molecule has 49 heavy (non-hydrogen) atoms. The Morgan fingerprint density at radius 2 is 1.78 bits per heavy atom. The minimum atomic E-state index is -4.52. The van der Waals surface area contributed by atoms with Crippen molar-refractivity contribution in [2.24, 2.45) is 11.8 Å². The summed E-state index contributed by atoms with van der Waals surface area (Å²) in [5, 5.41) is 14.3. The SMILES string of the molecule is CC(C)CN(C[C@@H](O)[C@H](Cc1ccc(OCCCOS(=O)(=O)O)cc1)NC(=O)OC1COC2OCCC12)S(=O)(=O)c1ccc2c(c1)OCO2. The van der Waals surface area contributed by atoms with Crippen LogP contribution >= 0.6 is 0 Å². The molecule has 0 aliphatic carbocycles. The molecule has 2 aromatic rings. The number of alkyl carbamates (subject to hydrolysis) is 1. The van der Waals surface area contributed by atoms with Gasteiger partial charge in [-0.15, -0.1) is 0 Å². The second kappa shape index (κ2) is 16.2. The highest BCUT2D eigenvalue weighted by molar-refractivity contribution is 7.89. The van der Waals surface area contributed by atoms with Crippen LogP contribution in [0.5, 0.6) is 17.2 Å². The van der Waals surface area contributed by atoms with Gasteiger partial charge in [-0.3, -0.25) is 4.55 Å². The van der Waals surface area contributed by atoms with Crippen LogP contribution in [0.3, 0.4) is 0 Å². The number of aliphatic hydroxyl groups excluding tert-OH is 1. The molecule has 1 amide bonds. The summed E-state index contributed by atoms with van der Waals surface area (Å²) in [6.45, 7) is 3.99. The van der Waals surface area contributed by atoms with Crippen molar-refractivity contribution in [3.05, 3.63) is 48.0 Å². The molecule has 0 aromatic heterocycles. The monoisotopic (exact) mass is 730 g/mol. The first-order valence-electron chi connectivity index (χ1n) is 15.9. The Morgan fingerprint density at radius 1 is 1.02 bits per heavy atom. The fourth-order valence-corrected chi connectivity index (χ4v) is 7.71. The minimum Gasteiger partial charge on any atom is -0.494 e. The quantitative estimate of drug-likeness (QED) is 0.158. The van der Waals surface area contributed by atoms with E-state index in [9.17, 15) is 26.7 Å². The number of aliphatic hydroxyl groups is 1. The molecule has 3 unspecified atom stereocenters. The van der Waals surface area contributed by atoms with E-state index in [0.29, 0.717) is 35.8 Å². The number of nitrogens with one attached hydrogen (secondary N) is 1. The van der Waals surface area contributed by atoms with Crippen molar-refractivity contribution in [3.63, 3.8) is 0 Å². The maximum absolute atomic E-state index is 13.9. The first-order chi connectivity index (χ1) is 23.3. The number of hydrogen-bond donors (Lipinski definition) is 3. The van der Waals surface area contributed by atoms with Gasteiger partial charge in [0.25, 0.3) is 0 Å². The molecule has 5 rings (SSSR count). The summed E-state index contributed by atoms with van der Waals surface area (Å²) >= 11 is 0. The Morgan fingerprint density at radius 3 is 2.51 bits per heavy atom. The van der Waals surface area contributed by atoms with Gasteiger partial charge in [0.1, 0.15) is 11.9 Å². The van der Waals surface area contributed by atoms with Crippen molar-refractivity contribution in [2.75, 3.05) is 46.3 Å². The fourth-order valence-electron chi connectivity index (χ4n) is 5.74. The van der Waals surface area contributed by atoms with Gasteiger partial charge in [-0.05, 0) is 48.6 Å². The Kier molecular flexibility index (Phi) is 12.2. The van der Waals surface area contributed by atoms with Crippen molar-refractivity contribution < 1.29 is 63.9 Å². The van der Waals surface area contributed by atoms with E-state index in [2.05, 4.69) is 9.50 Å². The van der Waals surface area contributed by atoms with E-state index < -0.39 is 51.1 Å². The zero-order valence-corrected chi connectivity index (χ0v) is 28.8. The van der Waals surface area contributed by atoms with Crippen LogP contribution in [-0.4, -0.2) is 108 Å². The van der Waals surface area contributed by atoms with Gasteiger partial charge in [0.2, 0.25) is 16.8 Å². The number of amides is 1. The molecule has 3 heterocycles. The largest absolute Gasteiger partial charge is 0.494 e. The highest BCUT2D eigenvalue weighted by Crippen LogP contribution is 2.35. The highest BCUT2D eigenvalue weighted by Gasteiger charge is 2.44. The predicted molar refractivity (Wildman–Crippen MR) is 171 cm³/mol. The zero-order chi connectivity index (χ0) is 35.2. The van der Waals surface area contributed by atoms with Gasteiger partial charge in [0.05, 0.1) is 49.4 Å². The topological polar surface area (TPSA) is 206 Å². The second-order valence-corrected chi connectivity index (χ2v) is 15.3. The molecular weight excluding hydrogens is 688 g/mol. The van der Waals surface area contributed by atoms with Crippen LogP contribution in [0.25, 0.3) is 0 Å². The highest BCUT2D eigenvalue weighted by atomic mass is 32.3. The lowest BCUT2D eigenvalue weighted by Crippen LogP contribution is -2.51. The number of rotatable bonds is 17. The lowest BCUT2D eigenvalue weighted by molar-refractivity contribution is -0.0907. The Hall–Kier alpha value is -3.23. The molecule has 0 spiro atoms. The molecule has 3 N–H and O–H groups in total. The molecule has 272 valence electrons. The molecule has 3 aliphatic heterocycles. The van der Waals surface area contributed by atoms with Gasteiger partial charge < -0.3 is 38.8 Å². The van der Waals surface area contributed by atoms with E-state index in [1.54, 1.807) is 24.3 Å². The van der Waals surface area contributed by atoms with E-state index in [0.717, 1.165) is 0 Å². The molecular formula is C31H42N2O14S2. The first-order valence-corrected chi connectivity index (χ1v) is 18.7. The van der Waals surface area contributed by atoms with Crippen LogP contribution in [0, 0.1) is 11.8 Å². The summed E-state index contributed by atoms with van der Waals surface area (Å²) in [6.07, 6.45) is -2.13. The summed E-state index contributed by atoms with van der Waals surface area (Å²) in [5.74, 6) is 1.01.